The van der Waals surface area contributed by atoms with Crippen molar-refractivity contribution >= 4 is 15.9 Å². The first kappa shape index (κ1) is 7.02. The number of rotatable bonds is 3. The quantitative estimate of drug-likeness (QED) is 0.352. The summed E-state index contributed by atoms with van der Waals surface area (Å²) in [5.74, 6) is 0. The van der Waals surface area contributed by atoms with Crippen molar-refractivity contribution in [1.29, 1.82) is 0 Å². The summed E-state index contributed by atoms with van der Waals surface area (Å²) < 4.78 is 4.90. The van der Waals surface area contributed by atoms with Crippen LogP contribution in [-0.4, -0.2) is 11.9 Å². The second kappa shape index (κ2) is 6.02. The molecule has 0 aromatic carbocycles. The van der Waals surface area contributed by atoms with Gasteiger partial charge in [0.1, 0.15) is 0 Å². The van der Waals surface area contributed by atoms with Gasteiger partial charge in [-0.2, -0.15) is 0 Å². The maximum atomic E-state index is 4.90. The second-order valence-corrected chi connectivity index (χ2v) is 1.82. The summed E-state index contributed by atoms with van der Waals surface area (Å²) in [5.41, 5.74) is 0. The molecule has 1 nitrogen and oxygen atoms in total. The van der Waals surface area contributed by atoms with Gasteiger partial charge in [0, 0.05) is 5.33 Å². The summed E-state index contributed by atoms with van der Waals surface area (Å²) >= 11 is 3.22. The monoisotopic (exact) mass is 164 g/mol. The maximum Gasteiger partial charge on any atom is 0.0969 e. The molecule has 2 heteroatoms. The third-order valence-corrected chi connectivity index (χ3v) is 0.751. The minimum absolute atomic E-state index is 0.754. The molecule has 0 bridgehead atoms. The zero-order valence-corrected chi connectivity index (χ0v) is 5.94. The molecule has 0 N–H and O–H groups in total. The zero-order valence-electron chi connectivity index (χ0n) is 4.36. The summed E-state index contributed by atoms with van der Waals surface area (Å²) in [7, 11) is 0. The summed E-state index contributed by atoms with van der Waals surface area (Å²) in [6.07, 6.45) is 3.55. The van der Waals surface area contributed by atoms with Crippen LogP contribution >= 0.6 is 15.9 Å². The molecule has 0 aliphatic rings. The van der Waals surface area contributed by atoms with Crippen molar-refractivity contribution in [3.63, 3.8) is 0 Å². The first-order valence-electron chi connectivity index (χ1n) is 2.20. The van der Waals surface area contributed by atoms with Gasteiger partial charge in [0.05, 0.1) is 12.9 Å². The molecule has 7 heavy (non-hydrogen) atoms. The predicted octanol–water partition coefficient (Wildman–Crippen LogP) is 1.93. The Bertz CT molecular complexity index is 52.0. The topological polar surface area (TPSA) is 9.23 Å². The summed E-state index contributed by atoms with van der Waals surface area (Å²) in [6.45, 7) is 2.68. The third kappa shape index (κ3) is 6.02. The Labute approximate surface area is 52.5 Å². The van der Waals surface area contributed by atoms with Gasteiger partial charge in [-0.3, -0.25) is 0 Å². The van der Waals surface area contributed by atoms with Crippen molar-refractivity contribution in [1.82, 2.24) is 0 Å². The maximum absolute atomic E-state index is 4.90. The lowest BCUT2D eigenvalue weighted by atomic mass is 10.7. The third-order valence-electron chi connectivity index (χ3n) is 0.427. The van der Waals surface area contributed by atoms with Crippen LogP contribution in [0.4, 0.5) is 0 Å². The van der Waals surface area contributed by atoms with Gasteiger partial charge in [-0.1, -0.05) is 22.0 Å². The Morgan fingerprint density at radius 1 is 1.71 bits per heavy atom. The van der Waals surface area contributed by atoms with E-state index in [-0.39, 0.29) is 0 Å². The van der Waals surface area contributed by atoms with E-state index >= 15 is 0 Å². The smallest absolute Gasteiger partial charge is 0.0969 e. The van der Waals surface area contributed by atoms with Crippen molar-refractivity contribution in [2.45, 2.75) is 6.92 Å². The fourth-order valence-electron chi connectivity index (χ4n) is 0.209. The van der Waals surface area contributed by atoms with Crippen molar-refractivity contribution < 1.29 is 4.74 Å². The van der Waals surface area contributed by atoms with Crippen LogP contribution in [0.25, 0.3) is 0 Å². The van der Waals surface area contributed by atoms with E-state index in [4.69, 9.17) is 4.74 Å². The molecular weight excluding hydrogens is 156 g/mol. The normalized spacial score (nSPS) is 10.0. The van der Waals surface area contributed by atoms with Gasteiger partial charge in [0.15, 0.2) is 0 Å². The Morgan fingerprint density at radius 2 is 2.43 bits per heavy atom. The Kier molecular flexibility index (Phi) is 6.04. The van der Waals surface area contributed by atoms with Crippen LogP contribution in [0.15, 0.2) is 12.3 Å². The molecule has 42 valence electrons. The second-order valence-electron chi connectivity index (χ2n) is 1.03. The number of ether oxygens (including phenoxy) is 1. The van der Waals surface area contributed by atoms with E-state index in [2.05, 4.69) is 15.9 Å². The minimum Gasteiger partial charge on any atom is -0.501 e. The molecular formula is C5H9BrO. The molecule has 0 fully saturated rings. The fourth-order valence-corrected chi connectivity index (χ4v) is 0.396. The molecule has 0 unspecified atom stereocenters. The van der Waals surface area contributed by atoms with Gasteiger partial charge in [0.25, 0.3) is 0 Å². The SMILES string of the molecule is CC=COCCBr. The Hall–Kier alpha value is 0.0200. The first-order valence-corrected chi connectivity index (χ1v) is 3.32. The molecule has 0 heterocycles. The average molecular weight is 165 g/mol. The summed E-state index contributed by atoms with van der Waals surface area (Å²) in [4.78, 5) is 0. The van der Waals surface area contributed by atoms with Gasteiger partial charge in [-0.15, -0.1) is 0 Å². The van der Waals surface area contributed by atoms with Gasteiger partial charge >= 0.3 is 0 Å². The van der Waals surface area contributed by atoms with Crippen LogP contribution in [0.2, 0.25) is 0 Å². The molecule has 0 atom stereocenters. The first-order chi connectivity index (χ1) is 3.41. The highest BCUT2D eigenvalue weighted by Crippen LogP contribution is 1.81. The minimum atomic E-state index is 0.754. The predicted molar refractivity (Wildman–Crippen MR) is 34.6 cm³/mol. The molecule has 0 aliphatic heterocycles. The average Bonchev–Trinajstić information content (AvgIpc) is 1.69. The van der Waals surface area contributed by atoms with Crippen LogP contribution in [0, 0.1) is 0 Å². The molecule has 0 aliphatic carbocycles. The molecule has 0 saturated carbocycles. The van der Waals surface area contributed by atoms with E-state index in [0.29, 0.717) is 0 Å². The number of halogens is 1. The molecule has 0 amide bonds. The van der Waals surface area contributed by atoms with Crippen LogP contribution in [0.5, 0.6) is 0 Å². The highest BCUT2D eigenvalue weighted by Gasteiger charge is 1.71. The van der Waals surface area contributed by atoms with Gasteiger partial charge in [0.2, 0.25) is 0 Å². The van der Waals surface area contributed by atoms with Crippen LogP contribution < -0.4 is 0 Å². The van der Waals surface area contributed by atoms with Crippen molar-refractivity contribution in [3.05, 3.63) is 12.3 Å². The molecule has 0 spiro atoms. The number of hydrogen-bond acceptors (Lipinski definition) is 1. The van der Waals surface area contributed by atoms with Gasteiger partial charge in [-0.25, -0.2) is 0 Å². The number of alkyl halides is 1. The van der Waals surface area contributed by atoms with Gasteiger partial charge in [-0.05, 0) is 6.92 Å². The van der Waals surface area contributed by atoms with E-state index in [9.17, 15) is 0 Å². The lowest BCUT2D eigenvalue weighted by Gasteiger charge is -1.90. The highest BCUT2D eigenvalue weighted by molar-refractivity contribution is 9.09. The largest absolute Gasteiger partial charge is 0.501 e. The summed E-state index contributed by atoms with van der Waals surface area (Å²) in [5, 5.41) is 0.900. The van der Waals surface area contributed by atoms with Crippen molar-refractivity contribution in [2.75, 3.05) is 11.9 Å². The van der Waals surface area contributed by atoms with E-state index in [1.807, 2.05) is 13.0 Å². The number of allylic oxidation sites excluding steroid dienone is 1. The molecule has 0 rings (SSSR count). The molecule has 0 aromatic heterocycles. The lowest BCUT2D eigenvalue weighted by molar-refractivity contribution is 0.273. The highest BCUT2D eigenvalue weighted by atomic mass is 79.9. The van der Waals surface area contributed by atoms with E-state index in [1.165, 1.54) is 0 Å². The van der Waals surface area contributed by atoms with E-state index < -0.39 is 0 Å². The van der Waals surface area contributed by atoms with Crippen LogP contribution in [-0.2, 0) is 4.74 Å². The zero-order chi connectivity index (χ0) is 5.54. The van der Waals surface area contributed by atoms with Crippen LogP contribution in [0.3, 0.4) is 0 Å². The van der Waals surface area contributed by atoms with Crippen LogP contribution in [0.1, 0.15) is 6.92 Å². The van der Waals surface area contributed by atoms with Crippen molar-refractivity contribution in [2.24, 2.45) is 0 Å². The molecule has 0 saturated heterocycles. The Balaban J connectivity index is 2.69. The summed E-state index contributed by atoms with van der Waals surface area (Å²) in [6, 6.07) is 0. The molecule has 0 aromatic rings. The van der Waals surface area contributed by atoms with Crippen molar-refractivity contribution in [3.8, 4) is 0 Å². The fraction of sp³-hybridized carbons (Fsp3) is 0.600. The van der Waals surface area contributed by atoms with E-state index in [0.717, 1.165) is 11.9 Å². The lowest BCUT2D eigenvalue weighted by Crippen LogP contribution is -1.84. The standard InChI is InChI=1S/C5H9BrO/c1-2-4-7-5-3-6/h2,4H,3,5H2,1H3. The van der Waals surface area contributed by atoms with E-state index in [1.54, 1.807) is 6.26 Å². The van der Waals surface area contributed by atoms with Gasteiger partial charge < -0.3 is 4.74 Å². The Morgan fingerprint density at radius 3 is 2.86 bits per heavy atom. The number of hydrogen-bond donors (Lipinski definition) is 0. The molecule has 0 radical (unpaired) electrons.